The van der Waals surface area contributed by atoms with Crippen molar-refractivity contribution in [3.63, 3.8) is 0 Å². The van der Waals surface area contributed by atoms with Crippen LogP contribution in [0.3, 0.4) is 0 Å². The van der Waals surface area contributed by atoms with Gasteiger partial charge < -0.3 is 10.1 Å². The van der Waals surface area contributed by atoms with E-state index in [0.717, 1.165) is 16.9 Å². The zero-order valence-electron chi connectivity index (χ0n) is 14.4. The van der Waals surface area contributed by atoms with Crippen molar-refractivity contribution < 1.29 is 9.53 Å². The third kappa shape index (κ3) is 4.49. The molecule has 4 nitrogen and oxygen atoms in total. The average Bonchev–Trinajstić information content (AvgIpc) is 2.44. The van der Waals surface area contributed by atoms with E-state index >= 15 is 0 Å². The smallest absolute Gasteiger partial charge is 0.259 e. The van der Waals surface area contributed by atoms with Crippen molar-refractivity contribution >= 4 is 5.91 Å². The Hall–Kier alpha value is -2.02. The number of nitrogens with one attached hydrogen (secondary N) is 1. The van der Waals surface area contributed by atoms with Gasteiger partial charge in [0, 0.05) is 0 Å². The second-order valence-electron chi connectivity index (χ2n) is 6.50. The highest BCUT2D eigenvalue weighted by atomic mass is 16.5. The van der Waals surface area contributed by atoms with Gasteiger partial charge in [-0.3, -0.25) is 4.79 Å². The number of nitrogens with zero attached hydrogens (tertiary/aromatic N) is 1. The van der Waals surface area contributed by atoms with Crippen LogP contribution in [0.5, 0.6) is 5.75 Å². The topological polar surface area (TPSA) is 62.1 Å². The largest absolute Gasteiger partial charge is 0.483 e. The van der Waals surface area contributed by atoms with Gasteiger partial charge in [0.2, 0.25) is 0 Å². The van der Waals surface area contributed by atoms with E-state index in [0.29, 0.717) is 5.92 Å². The Morgan fingerprint density at radius 2 is 2.00 bits per heavy atom. The van der Waals surface area contributed by atoms with Crippen molar-refractivity contribution in [1.29, 1.82) is 5.26 Å². The number of aryl methyl sites for hydroxylation is 1. The molecule has 22 heavy (non-hydrogen) atoms. The second kappa shape index (κ2) is 7.31. The second-order valence-corrected chi connectivity index (χ2v) is 6.50. The summed E-state index contributed by atoms with van der Waals surface area (Å²) in [6, 6.07) is 8.16. The van der Waals surface area contributed by atoms with Gasteiger partial charge in [0.05, 0.1) is 6.07 Å². The summed E-state index contributed by atoms with van der Waals surface area (Å²) in [6.07, 6.45) is 0. The van der Waals surface area contributed by atoms with Gasteiger partial charge in [0.25, 0.3) is 5.91 Å². The summed E-state index contributed by atoms with van der Waals surface area (Å²) in [4.78, 5) is 12.1. The van der Waals surface area contributed by atoms with Gasteiger partial charge >= 0.3 is 0 Å². The van der Waals surface area contributed by atoms with Crippen LogP contribution in [0.25, 0.3) is 0 Å². The van der Waals surface area contributed by atoms with Gasteiger partial charge in [-0.25, -0.2) is 0 Å². The third-order valence-electron chi connectivity index (χ3n) is 3.94. The molecule has 4 heteroatoms. The van der Waals surface area contributed by atoms with Gasteiger partial charge in [0.15, 0.2) is 6.61 Å². The molecule has 1 unspecified atom stereocenters. The molecule has 0 aliphatic carbocycles. The lowest BCUT2D eigenvalue weighted by Crippen LogP contribution is -2.50. The Bertz CT molecular complexity index is 573. The molecule has 0 radical (unpaired) electrons. The molecule has 0 aliphatic rings. The van der Waals surface area contributed by atoms with Gasteiger partial charge in [0.1, 0.15) is 11.3 Å². The highest BCUT2D eigenvalue weighted by Crippen LogP contribution is 2.27. The first kappa shape index (κ1) is 18.0. The SMILES string of the molecule is Cc1ccc(C(C)C)c(OCC(=O)NC(C)(C#N)C(C)C)c1. The van der Waals surface area contributed by atoms with Crippen molar-refractivity contribution in [2.75, 3.05) is 6.61 Å². The molecule has 0 aromatic heterocycles. The first-order chi connectivity index (χ1) is 10.2. The molecule has 0 saturated heterocycles. The summed E-state index contributed by atoms with van der Waals surface area (Å²) in [7, 11) is 0. The maximum atomic E-state index is 12.1. The van der Waals surface area contributed by atoms with Gasteiger partial charge in [-0.05, 0) is 42.9 Å². The lowest BCUT2D eigenvalue weighted by Gasteiger charge is -2.27. The lowest BCUT2D eigenvalue weighted by molar-refractivity contribution is -0.124. The van der Waals surface area contributed by atoms with Gasteiger partial charge in [-0.2, -0.15) is 5.26 Å². The van der Waals surface area contributed by atoms with Crippen molar-refractivity contribution in [3.05, 3.63) is 29.3 Å². The Labute approximate surface area is 133 Å². The molecule has 1 amide bonds. The van der Waals surface area contributed by atoms with E-state index in [1.807, 2.05) is 39.0 Å². The van der Waals surface area contributed by atoms with Crippen LogP contribution >= 0.6 is 0 Å². The molecule has 1 atom stereocenters. The number of rotatable bonds is 6. The Balaban J connectivity index is 2.77. The Morgan fingerprint density at radius 3 is 2.50 bits per heavy atom. The van der Waals surface area contributed by atoms with Crippen LogP contribution in [0.2, 0.25) is 0 Å². The molecule has 1 rings (SSSR count). The molecule has 0 heterocycles. The van der Waals surface area contributed by atoms with Crippen LogP contribution in [0.1, 0.15) is 51.7 Å². The van der Waals surface area contributed by atoms with Crippen LogP contribution in [0.4, 0.5) is 0 Å². The summed E-state index contributed by atoms with van der Waals surface area (Å²) < 4.78 is 5.69. The van der Waals surface area contributed by atoms with Crippen LogP contribution < -0.4 is 10.1 Å². The fourth-order valence-electron chi connectivity index (χ4n) is 2.01. The van der Waals surface area contributed by atoms with Crippen molar-refractivity contribution in [3.8, 4) is 11.8 Å². The van der Waals surface area contributed by atoms with E-state index in [4.69, 9.17) is 4.74 Å². The van der Waals surface area contributed by atoms with Gasteiger partial charge in [-0.1, -0.05) is 39.8 Å². The van der Waals surface area contributed by atoms with Crippen LogP contribution in [0.15, 0.2) is 18.2 Å². The first-order valence-electron chi connectivity index (χ1n) is 7.65. The number of hydrogen-bond acceptors (Lipinski definition) is 3. The molecule has 1 N–H and O–H groups in total. The van der Waals surface area contributed by atoms with Crippen molar-refractivity contribution in [2.45, 2.75) is 53.0 Å². The van der Waals surface area contributed by atoms with E-state index in [-0.39, 0.29) is 18.4 Å². The minimum absolute atomic E-state index is 0.0200. The zero-order chi connectivity index (χ0) is 16.9. The molecule has 0 fully saturated rings. The normalized spacial score (nSPS) is 13.6. The molecular weight excluding hydrogens is 276 g/mol. The van der Waals surface area contributed by atoms with E-state index in [9.17, 15) is 10.1 Å². The molecule has 1 aromatic carbocycles. The fourth-order valence-corrected chi connectivity index (χ4v) is 2.01. The van der Waals surface area contributed by atoms with Crippen LogP contribution in [0, 0.1) is 24.2 Å². The summed E-state index contributed by atoms with van der Waals surface area (Å²) in [5.41, 5.74) is 1.28. The molecule has 1 aromatic rings. The summed E-state index contributed by atoms with van der Waals surface area (Å²) >= 11 is 0. The minimum Gasteiger partial charge on any atom is -0.483 e. The predicted octanol–water partition coefficient (Wildman–Crippen LogP) is 3.55. The minimum atomic E-state index is -0.881. The molecule has 0 bridgehead atoms. The summed E-state index contributed by atoms with van der Waals surface area (Å²) in [6.45, 7) is 11.6. The van der Waals surface area contributed by atoms with Crippen LogP contribution in [-0.2, 0) is 4.79 Å². The standard InChI is InChI=1S/C18H26N2O2/c1-12(2)15-8-7-14(5)9-16(15)22-10-17(21)20-18(6,11-19)13(3)4/h7-9,12-13H,10H2,1-6H3,(H,20,21). The monoisotopic (exact) mass is 302 g/mol. The lowest BCUT2D eigenvalue weighted by atomic mass is 9.90. The number of amides is 1. The van der Waals surface area contributed by atoms with Crippen molar-refractivity contribution in [1.82, 2.24) is 5.32 Å². The summed E-state index contributed by atoms with van der Waals surface area (Å²) in [5.74, 6) is 0.785. The van der Waals surface area contributed by atoms with E-state index < -0.39 is 5.54 Å². The Kier molecular flexibility index (Phi) is 5.99. The number of nitriles is 1. The van der Waals surface area contributed by atoms with Crippen LogP contribution in [-0.4, -0.2) is 18.1 Å². The predicted molar refractivity (Wildman–Crippen MR) is 87.8 cm³/mol. The maximum absolute atomic E-state index is 12.1. The van der Waals surface area contributed by atoms with Crippen molar-refractivity contribution in [2.24, 2.45) is 5.92 Å². The zero-order valence-corrected chi connectivity index (χ0v) is 14.4. The molecular formula is C18H26N2O2. The quantitative estimate of drug-likeness (QED) is 0.874. The molecule has 120 valence electrons. The van der Waals surface area contributed by atoms with E-state index in [2.05, 4.69) is 25.2 Å². The average molecular weight is 302 g/mol. The maximum Gasteiger partial charge on any atom is 0.259 e. The number of benzene rings is 1. The number of hydrogen-bond donors (Lipinski definition) is 1. The number of ether oxygens (including phenoxy) is 1. The van der Waals surface area contributed by atoms with Gasteiger partial charge in [-0.15, -0.1) is 0 Å². The Morgan fingerprint density at radius 1 is 1.36 bits per heavy atom. The highest BCUT2D eigenvalue weighted by Gasteiger charge is 2.30. The number of carbonyl (C=O) groups excluding carboxylic acids is 1. The highest BCUT2D eigenvalue weighted by molar-refractivity contribution is 5.78. The number of carbonyl (C=O) groups is 1. The molecule has 0 spiro atoms. The van der Waals surface area contributed by atoms with E-state index in [1.54, 1.807) is 6.92 Å². The molecule has 0 aliphatic heterocycles. The first-order valence-corrected chi connectivity index (χ1v) is 7.65. The summed E-state index contributed by atoms with van der Waals surface area (Å²) in [5, 5.41) is 12.0. The molecule has 0 saturated carbocycles. The fraction of sp³-hybridized carbons (Fsp3) is 0.556. The van der Waals surface area contributed by atoms with E-state index in [1.165, 1.54) is 0 Å². The third-order valence-corrected chi connectivity index (χ3v) is 3.94.